The molecule has 0 bridgehead atoms. The molecule has 0 aliphatic rings. The molecule has 0 saturated carbocycles. The van der Waals surface area contributed by atoms with Crippen molar-refractivity contribution in [1.82, 2.24) is 0 Å². The van der Waals surface area contributed by atoms with E-state index in [2.05, 4.69) is 91.8 Å². The highest BCUT2D eigenvalue weighted by molar-refractivity contribution is 5.72. The van der Waals surface area contributed by atoms with Crippen LogP contribution in [0.25, 0.3) is 11.1 Å². The van der Waals surface area contributed by atoms with Crippen molar-refractivity contribution in [2.24, 2.45) is 0 Å². The highest BCUT2D eigenvalue weighted by atomic mass is 14.3. The normalized spacial score (nSPS) is 12.5. The number of benzene rings is 2. The Hall–Kier alpha value is -1.56. The fourth-order valence-electron chi connectivity index (χ4n) is 2.91. The van der Waals surface area contributed by atoms with Gasteiger partial charge in [0, 0.05) is 0 Å². The Morgan fingerprint density at radius 1 is 0.636 bits per heavy atom. The van der Waals surface area contributed by atoms with E-state index in [0.29, 0.717) is 0 Å². The first kappa shape index (κ1) is 16.8. The summed E-state index contributed by atoms with van der Waals surface area (Å²) in [7, 11) is 0. The molecule has 2 aromatic carbocycles. The maximum Gasteiger partial charge on any atom is -0.0125 e. The summed E-state index contributed by atoms with van der Waals surface area (Å²) in [5.74, 6) is 0. The topological polar surface area (TPSA) is 0 Å². The molecule has 0 saturated heterocycles. The molecule has 0 fully saturated rings. The van der Waals surface area contributed by atoms with Crippen LogP contribution in [0.2, 0.25) is 0 Å². The maximum atomic E-state index is 2.39. The third kappa shape index (κ3) is 3.43. The Morgan fingerprint density at radius 2 is 1.05 bits per heavy atom. The van der Waals surface area contributed by atoms with Gasteiger partial charge in [-0.15, -0.1) is 0 Å². The minimum Gasteiger partial charge on any atom is -0.0617 e. The van der Waals surface area contributed by atoms with Gasteiger partial charge in [0.1, 0.15) is 0 Å². The first-order valence-corrected chi connectivity index (χ1v) is 8.23. The van der Waals surface area contributed by atoms with Crippen molar-refractivity contribution in [1.29, 1.82) is 0 Å². The molecule has 0 heteroatoms. The van der Waals surface area contributed by atoms with E-state index in [4.69, 9.17) is 0 Å². The summed E-state index contributed by atoms with van der Waals surface area (Å²) in [6, 6.07) is 13.7. The SMILES string of the molecule is Cc1cccc(C)c1-c1cc(C(C)(C)C)cc(C(C)(C)C)c1. The van der Waals surface area contributed by atoms with Crippen LogP contribution >= 0.6 is 0 Å². The minimum absolute atomic E-state index is 0.159. The second kappa shape index (κ2) is 5.57. The van der Waals surface area contributed by atoms with Crippen LogP contribution in [0, 0.1) is 13.8 Å². The van der Waals surface area contributed by atoms with E-state index in [-0.39, 0.29) is 10.8 Å². The van der Waals surface area contributed by atoms with Gasteiger partial charge >= 0.3 is 0 Å². The summed E-state index contributed by atoms with van der Waals surface area (Å²) in [5, 5.41) is 0. The molecule has 2 aromatic rings. The van der Waals surface area contributed by atoms with Crippen molar-refractivity contribution in [3.63, 3.8) is 0 Å². The van der Waals surface area contributed by atoms with Crippen molar-refractivity contribution < 1.29 is 0 Å². The van der Waals surface area contributed by atoms with Gasteiger partial charge in [0.05, 0.1) is 0 Å². The largest absolute Gasteiger partial charge is 0.0617 e. The van der Waals surface area contributed by atoms with Crippen LogP contribution in [0.15, 0.2) is 36.4 Å². The van der Waals surface area contributed by atoms with Gasteiger partial charge < -0.3 is 0 Å². The van der Waals surface area contributed by atoms with Crippen molar-refractivity contribution in [2.45, 2.75) is 66.2 Å². The average molecular weight is 294 g/mol. The van der Waals surface area contributed by atoms with Gasteiger partial charge in [-0.05, 0) is 58.1 Å². The number of hydrogen-bond donors (Lipinski definition) is 0. The Morgan fingerprint density at radius 3 is 1.41 bits per heavy atom. The monoisotopic (exact) mass is 294 g/mol. The zero-order chi connectivity index (χ0) is 16.7. The predicted octanol–water partition coefficient (Wildman–Crippen LogP) is 6.57. The Bertz CT molecular complexity index is 624. The Labute approximate surface area is 136 Å². The molecule has 22 heavy (non-hydrogen) atoms. The lowest BCUT2D eigenvalue weighted by Crippen LogP contribution is -2.16. The first-order chi connectivity index (χ1) is 10.00. The molecular formula is C22H30. The minimum atomic E-state index is 0.159. The average Bonchev–Trinajstić information content (AvgIpc) is 2.36. The molecular weight excluding hydrogens is 264 g/mol. The second-order valence-corrected chi connectivity index (χ2v) is 8.57. The lowest BCUT2D eigenvalue weighted by atomic mass is 9.78. The fourth-order valence-corrected chi connectivity index (χ4v) is 2.91. The molecule has 0 N–H and O–H groups in total. The van der Waals surface area contributed by atoms with E-state index >= 15 is 0 Å². The summed E-state index contributed by atoms with van der Waals surface area (Å²) in [6.07, 6.45) is 0. The molecule has 0 spiro atoms. The van der Waals surface area contributed by atoms with E-state index in [1.165, 1.54) is 33.4 Å². The first-order valence-electron chi connectivity index (χ1n) is 8.23. The zero-order valence-electron chi connectivity index (χ0n) is 15.5. The molecule has 0 heterocycles. The van der Waals surface area contributed by atoms with Crippen LogP contribution in [0.3, 0.4) is 0 Å². The van der Waals surface area contributed by atoms with Gasteiger partial charge in [0.2, 0.25) is 0 Å². The predicted molar refractivity (Wildman–Crippen MR) is 98.8 cm³/mol. The van der Waals surface area contributed by atoms with E-state index in [0.717, 1.165) is 0 Å². The fraction of sp³-hybridized carbons (Fsp3) is 0.455. The second-order valence-electron chi connectivity index (χ2n) is 8.57. The van der Waals surface area contributed by atoms with Crippen LogP contribution in [0.5, 0.6) is 0 Å². The molecule has 2 rings (SSSR count). The Kier molecular flexibility index (Phi) is 4.26. The highest BCUT2D eigenvalue weighted by Gasteiger charge is 2.21. The van der Waals surface area contributed by atoms with Crippen molar-refractivity contribution >= 4 is 0 Å². The van der Waals surface area contributed by atoms with Crippen molar-refractivity contribution in [3.05, 3.63) is 58.7 Å². The van der Waals surface area contributed by atoms with E-state index in [9.17, 15) is 0 Å². The van der Waals surface area contributed by atoms with Crippen molar-refractivity contribution in [3.8, 4) is 11.1 Å². The third-order valence-electron chi connectivity index (χ3n) is 4.43. The van der Waals surface area contributed by atoms with E-state index in [1.807, 2.05) is 0 Å². The van der Waals surface area contributed by atoms with Gasteiger partial charge in [0.15, 0.2) is 0 Å². The number of hydrogen-bond acceptors (Lipinski definition) is 0. The van der Waals surface area contributed by atoms with Crippen LogP contribution in [-0.4, -0.2) is 0 Å². The summed E-state index contributed by atoms with van der Waals surface area (Å²) >= 11 is 0. The molecule has 0 amide bonds. The molecule has 118 valence electrons. The molecule has 0 radical (unpaired) electrons. The quantitative estimate of drug-likeness (QED) is 0.558. The Balaban J connectivity index is 2.76. The number of aryl methyl sites for hydroxylation is 2. The van der Waals surface area contributed by atoms with Crippen LogP contribution in [-0.2, 0) is 10.8 Å². The van der Waals surface area contributed by atoms with Crippen LogP contribution < -0.4 is 0 Å². The zero-order valence-corrected chi connectivity index (χ0v) is 15.5. The van der Waals surface area contributed by atoms with Crippen molar-refractivity contribution in [2.75, 3.05) is 0 Å². The molecule has 0 aromatic heterocycles. The summed E-state index contributed by atoms with van der Waals surface area (Å²) in [4.78, 5) is 0. The third-order valence-corrected chi connectivity index (χ3v) is 4.43. The van der Waals surface area contributed by atoms with E-state index < -0.39 is 0 Å². The lowest BCUT2D eigenvalue weighted by molar-refractivity contribution is 0.569. The highest BCUT2D eigenvalue weighted by Crippen LogP contribution is 2.36. The smallest absolute Gasteiger partial charge is 0.0125 e. The lowest BCUT2D eigenvalue weighted by Gasteiger charge is -2.27. The molecule has 0 unspecified atom stereocenters. The van der Waals surface area contributed by atoms with Gasteiger partial charge in [0.25, 0.3) is 0 Å². The number of rotatable bonds is 1. The molecule has 0 atom stereocenters. The van der Waals surface area contributed by atoms with Crippen LogP contribution in [0.4, 0.5) is 0 Å². The van der Waals surface area contributed by atoms with Gasteiger partial charge in [-0.25, -0.2) is 0 Å². The van der Waals surface area contributed by atoms with Crippen LogP contribution in [0.1, 0.15) is 63.8 Å². The molecule has 0 aliphatic heterocycles. The maximum absolute atomic E-state index is 2.39. The summed E-state index contributed by atoms with van der Waals surface area (Å²) in [6.45, 7) is 18.2. The standard InChI is InChI=1S/C22H30/c1-15-10-9-11-16(2)20(15)17-12-18(21(3,4)5)14-19(13-17)22(6,7)8/h9-14H,1-8H3. The van der Waals surface area contributed by atoms with Gasteiger partial charge in [-0.1, -0.05) is 77.9 Å². The van der Waals surface area contributed by atoms with Gasteiger partial charge in [-0.2, -0.15) is 0 Å². The van der Waals surface area contributed by atoms with Gasteiger partial charge in [-0.3, -0.25) is 0 Å². The summed E-state index contributed by atoms with van der Waals surface area (Å²) in [5.41, 5.74) is 8.60. The molecule has 0 nitrogen and oxygen atoms in total. The van der Waals surface area contributed by atoms with E-state index in [1.54, 1.807) is 0 Å². The molecule has 0 aliphatic carbocycles. The summed E-state index contributed by atoms with van der Waals surface area (Å²) < 4.78 is 0.